The first-order chi connectivity index (χ1) is 18.7. The van der Waals surface area contributed by atoms with Gasteiger partial charge in [0.2, 0.25) is 21.8 Å². The molecule has 2 aliphatic rings. The maximum absolute atomic E-state index is 13.5. The maximum Gasteiger partial charge on any atom is 0.407 e. The van der Waals surface area contributed by atoms with Gasteiger partial charge < -0.3 is 20.1 Å². The molecule has 1 aliphatic carbocycles. The molecule has 3 N–H and O–H groups in total. The number of nitrogens with one attached hydrogen (secondary N) is 2. The minimum atomic E-state index is -3.77. The summed E-state index contributed by atoms with van der Waals surface area (Å²) in [6.07, 6.45) is 4.13. The highest BCUT2D eigenvalue weighted by atomic mass is 32.2. The second kappa shape index (κ2) is 11.4. The summed E-state index contributed by atoms with van der Waals surface area (Å²) in [5.41, 5.74) is 1.42. The number of likely N-dealkylation sites (tertiary alicyclic amines) is 1. The van der Waals surface area contributed by atoms with Crippen molar-refractivity contribution in [3.63, 3.8) is 0 Å². The number of ether oxygens (including phenoxy) is 1. The fraction of sp³-hybridized carbons (Fsp3) is 0.462. The normalized spacial score (nSPS) is 17.2. The van der Waals surface area contributed by atoms with Crippen LogP contribution in [0.15, 0.2) is 41.3 Å². The topological polar surface area (TPSA) is 151 Å². The van der Waals surface area contributed by atoms with E-state index in [1.54, 1.807) is 31.4 Å². The molecule has 39 heavy (non-hydrogen) atoms. The Balaban J connectivity index is 1.29. The van der Waals surface area contributed by atoms with Crippen LogP contribution in [0.3, 0.4) is 0 Å². The number of thiazole rings is 1. The zero-order valence-electron chi connectivity index (χ0n) is 21.5. The number of nitrogens with zero attached hydrogens (tertiary/aromatic N) is 3. The van der Waals surface area contributed by atoms with Crippen LogP contribution in [0.1, 0.15) is 43.6 Å². The maximum atomic E-state index is 13.5. The molecule has 2 aromatic heterocycles. The predicted octanol–water partition coefficient (Wildman–Crippen LogP) is 3.89. The second-order valence-electron chi connectivity index (χ2n) is 10.1. The van der Waals surface area contributed by atoms with E-state index in [0.29, 0.717) is 46.8 Å². The number of anilines is 1. The summed E-state index contributed by atoms with van der Waals surface area (Å²) in [5.74, 6) is 0.218. The molecule has 2 fully saturated rings. The molecule has 1 unspecified atom stereocenters. The molecular formula is C26H31N5O6S2. The van der Waals surface area contributed by atoms with Crippen LogP contribution in [0.2, 0.25) is 0 Å². The molecule has 0 bridgehead atoms. The summed E-state index contributed by atoms with van der Waals surface area (Å²) in [4.78, 5) is 35.3. The summed E-state index contributed by atoms with van der Waals surface area (Å²) < 4.78 is 33.4. The fourth-order valence-electron chi connectivity index (χ4n) is 5.18. The van der Waals surface area contributed by atoms with Crippen molar-refractivity contribution in [3.05, 3.63) is 42.0 Å². The lowest BCUT2D eigenvalue weighted by Gasteiger charge is -2.36. The Morgan fingerprint density at radius 1 is 1.10 bits per heavy atom. The van der Waals surface area contributed by atoms with E-state index in [9.17, 15) is 18.0 Å². The van der Waals surface area contributed by atoms with E-state index in [0.717, 1.165) is 31.2 Å². The summed E-state index contributed by atoms with van der Waals surface area (Å²) in [7, 11) is -2.22. The molecule has 11 nitrogen and oxygen atoms in total. The van der Waals surface area contributed by atoms with Crippen LogP contribution >= 0.6 is 11.3 Å². The third-order valence-electron chi connectivity index (χ3n) is 7.41. The largest absolute Gasteiger partial charge is 0.481 e. The minimum Gasteiger partial charge on any atom is -0.481 e. The van der Waals surface area contributed by atoms with Crippen molar-refractivity contribution >= 4 is 48.8 Å². The minimum absolute atomic E-state index is 0.0477. The first-order valence-electron chi connectivity index (χ1n) is 12.9. The lowest BCUT2D eigenvalue weighted by atomic mass is 9.87. The van der Waals surface area contributed by atoms with Gasteiger partial charge in [0.25, 0.3) is 0 Å². The van der Waals surface area contributed by atoms with Crippen LogP contribution in [0.4, 0.5) is 9.93 Å². The quantitative estimate of drug-likeness (QED) is 0.331. The first kappa shape index (κ1) is 27.3. The molecular weight excluding hydrogens is 542 g/mol. The monoisotopic (exact) mass is 573 g/mol. The van der Waals surface area contributed by atoms with Crippen molar-refractivity contribution in [1.82, 2.24) is 19.6 Å². The number of carbonyl (C=O) groups is 2. The molecule has 1 saturated heterocycles. The molecule has 0 spiro atoms. The van der Waals surface area contributed by atoms with Crippen LogP contribution < -0.4 is 14.8 Å². The Labute approximate surface area is 230 Å². The zero-order chi connectivity index (χ0) is 27.6. The van der Waals surface area contributed by atoms with E-state index in [2.05, 4.69) is 20.0 Å². The third kappa shape index (κ3) is 6.31. The summed E-state index contributed by atoms with van der Waals surface area (Å²) in [5, 5.41) is 12.3. The summed E-state index contributed by atoms with van der Waals surface area (Å²) in [6.45, 7) is 0.795. The van der Waals surface area contributed by atoms with Crippen molar-refractivity contribution in [3.8, 4) is 5.88 Å². The van der Waals surface area contributed by atoms with Gasteiger partial charge in [-0.25, -0.2) is 27.9 Å². The molecule has 5 rings (SSSR count). The third-order valence-corrected chi connectivity index (χ3v) is 9.73. The number of carbonyl (C=O) groups excluding carboxylic acids is 1. The number of carboxylic acid groups (broad SMARTS) is 1. The lowest BCUT2D eigenvalue weighted by molar-refractivity contribution is -0.118. The predicted molar refractivity (Wildman–Crippen MR) is 147 cm³/mol. The fourth-order valence-corrected chi connectivity index (χ4v) is 7.13. The van der Waals surface area contributed by atoms with Gasteiger partial charge in [-0.2, -0.15) is 0 Å². The van der Waals surface area contributed by atoms with E-state index >= 15 is 0 Å². The van der Waals surface area contributed by atoms with E-state index in [-0.39, 0.29) is 23.3 Å². The highest BCUT2D eigenvalue weighted by molar-refractivity contribution is 7.89. The van der Waals surface area contributed by atoms with Crippen LogP contribution in [-0.2, 0) is 14.8 Å². The van der Waals surface area contributed by atoms with Gasteiger partial charge in [-0.3, -0.25) is 4.79 Å². The van der Waals surface area contributed by atoms with Crippen molar-refractivity contribution in [2.45, 2.75) is 42.9 Å². The van der Waals surface area contributed by atoms with E-state index in [1.165, 1.54) is 28.4 Å². The molecule has 2 amide bonds. The van der Waals surface area contributed by atoms with Gasteiger partial charge >= 0.3 is 6.09 Å². The second-order valence-corrected chi connectivity index (χ2v) is 12.8. The Morgan fingerprint density at radius 2 is 1.82 bits per heavy atom. The van der Waals surface area contributed by atoms with Crippen molar-refractivity contribution in [2.24, 2.45) is 11.8 Å². The van der Waals surface area contributed by atoms with Crippen LogP contribution in [0, 0.1) is 11.8 Å². The summed E-state index contributed by atoms with van der Waals surface area (Å²) >= 11 is 1.27. The van der Waals surface area contributed by atoms with E-state index < -0.39 is 22.0 Å². The molecule has 0 radical (unpaired) electrons. The average molecular weight is 574 g/mol. The van der Waals surface area contributed by atoms with Gasteiger partial charge in [-0.15, -0.1) is 0 Å². The van der Waals surface area contributed by atoms with Crippen LogP contribution in [0.5, 0.6) is 5.88 Å². The van der Waals surface area contributed by atoms with Crippen LogP contribution in [-0.4, -0.2) is 67.1 Å². The zero-order valence-corrected chi connectivity index (χ0v) is 23.1. The molecule has 208 valence electrons. The molecule has 1 saturated carbocycles. The number of fused-ring (bicyclic) bond motifs is 1. The number of rotatable bonds is 10. The molecule has 3 heterocycles. The number of hydrogen-bond acceptors (Lipinski definition) is 8. The number of amides is 2. The van der Waals surface area contributed by atoms with Gasteiger partial charge in [0.05, 0.1) is 17.9 Å². The molecule has 3 aromatic rings. The Kier molecular flexibility index (Phi) is 8.01. The highest BCUT2D eigenvalue weighted by Crippen LogP contribution is 2.36. The van der Waals surface area contributed by atoms with Gasteiger partial charge in [-0.1, -0.05) is 49.2 Å². The number of hydrogen-bond donors (Lipinski definition) is 3. The standard InChI is InChI=1S/C26H31N5O6S2/c1-37-22-11-10-21-24(29-22)38-25(28-21)30-23(32)20(12-16-4-2-3-5-16)18-6-8-19(9-7-18)39(35,36)27-13-17-14-31(15-17)26(33)34/h6-11,16-17,20,27H,2-5,12-15H2,1H3,(H,33,34)(H,28,30,32). The average Bonchev–Trinajstić information content (AvgIpc) is 3.55. The lowest BCUT2D eigenvalue weighted by Crippen LogP contribution is -2.53. The van der Waals surface area contributed by atoms with Crippen molar-refractivity contribution in [2.75, 3.05) is 32.1 Å². The molecule has 13 heteroatoms. The number of sulfonamides is 1. The Bertz CT molecular complexity index is 1450. The molecule has 1 aliphatic heterocycles. The van der Waals surface area contributed by atoms with Crippen molar-refractivity contribution < 1.29 is 27.9 Å². The van der Waals surface area contributed by atoms with Gasteiger partial charge in [0.15, 0.2) is 5.13 Å². The molecule has 1 atom stereocenters. The number of methoxy groups -OCH3 is 1. The number of pyridine rings is 1. The molecule has 1 aromatic carbocycles. The number of aromatic nitrogens is 2. The SMILES string of the molecule is COc1ccc2nc(NC(=O)C(CC3CCCC3)c3ccc(S(=O)(=O)NCC4CN(C(=O)O)C4)cc3)sc2n1. The van der Waals surface area contributed by atoms with E-state index in [4.69, 9.17) is 9.84 Å². The number of benzene rings is 1. The smallest absolute Gasteiger partial charge is 0.407 e. The van der Waals surface area contributed by atoms with Gasteiger partial charge in [0.1, 0.15) is 10.3 Å². The first-order valence-corrected chi connectivity index (χ1v) is 15.2. The summed E-state index contributed by atoms with van der Waals surface area (Å²) in [6, 6.07) is 9.96. The van der Waals surface area contributed by atoms with Gasteiger partial charge in [-0.05, 0) is 36.1 Å². The van der Waals surface area contributed by atoms with Crippen LogP contribution in [0.25, 0.3) is 10.3 Å². The Morgan fingerprint density at radius 3 is 2.49 bits per heavy atom. The van der Waals surface area contributed by atoms with E-state index in [1.807, 2.05) is 0 Å². The highest BCUT2D eigenvalue weighted by Gasteiger charge is 2.32. The Hall–Kier alpha value is -3.29. The van der Waals surface area contributed by atoms with Gasteiger partial charge in [0, 0.05) is 31.6 Å². The van der Waals surface area contributed by atoms with Crippen molar-refractivity contribution in [1.29, 1.82) is 0 Å².